The maximum absolute atomic E-state index is 13.2. The van der Waals surface area contributed by atoms with E-state index >= 15 is 0 Å². The van der Waals surface area contributed by atoms with Crippen LogP contribution in [0.15, 0.2) is 18.2 Å². The van der Waals surface area contributed by atoms with Gasteiger partial charge in [0, 0.05) is 10.4 Å². The standard InChI is InChI=1S/C13H15FN2S/c1-8-7-10(3-4-11(8)14)13-16-9(2)12(17-13)5-6-15/h3-4,7H,5-6,15H2,1-2H3. The zero-order valence-electron chi connectivity index (χ0n) is 9.96. The molecule has 2 aromatic rings. The van der Waals surface area contributed by atoms with Crippen LogP contribution in [0.3, 0.4) is 0 Å². The molecule has 1 heterocycles. The minimum absolute atomic E-state index is 0.177. The number of aryl methyl sites for hydroxylation is 2. The molecule has 0 unspecified atom stereocenters. The van der Waals surface area contributed by atoms with Gasteiger partial charge in [0.25, 0.3) is 0 Å². The van der Waals surface area contributed by atoms with Crippen LogP contribution >= 0.6 is 11.3 Å². The van der Waals surface area contributed by atoms with Gasteiger partial charge in [0.1, 0.15) is 10.8 Å². The van der Waals surface area contributed by atoms with Crippen LogP contribution in [0.4, 0.5) is 4.39 Å². The Morgan fingerprint density at radius 2 is 2.12 bits per heavy atom. The number of rotatable bonds is 3. The van der Waals surface area contributed by atoms with E-state index < -0.39 is 0 Å². The minimum atomic E-state index is -0.177. The minimum Gasteiger partial charge on any atom is -0.330 e. The van der Waals surface area contributed by atoms with E-state index in [0.29, 0.717) is 12.1 Å². The summed E-state index contributed by atoms with van der Waals surface area (Å²) in [6.45, 7) is 4.38. The highest BCUT2D eigenvalue weighted by Crippen LogP contribution is 2.29. The Kier molecular flexibility index (Phi) is 3.54. The molecule has 0 aliphatic carbocycles. The molecule has 90 valence electrons. The third-order valence-corrected chi connectivity index (χ3v) is 3.94. The summed E-state index contributed by atoms with van der Waals surface area (Å²) in [7, 11) is 0. The lowest BCUT2D eigenvalue weighted by Gasteiger charge is -1.99. The van der Waals surface area contributed by atoms with E-state index in [1.54, 1.807) is 24.3 Å². The average Bonchev–Trinajstić information content (AvgIpc) is 2.65. The predicted octanol–water partition coefficient (Wildman–Crippen LogP) is 3.07. The molecule has 0 saturated heterocycles. The van der Waals surface area contributed by atoms with Gasteiger partial charge in [-0.1, -0.05) is 0 Å². The van der Waals surface area contributed by atoms with Crippen LogP contribution in [-0.4, -0.2) is 11.5 Å². The summed E-state index contributed by atoms with van der Waals surface area (Å²) in [5, 5.41) is 0.939. The largest absolute Gasteiger partial charge is 0.330 e. The monoisotopic (exact) mass is 250 g/mol. The van der Waals surface area contributed by atoms with E-state index in [4.69, 9.17) is 5.73 Å². The maximum atomic E-state index is 13.2. The Morgan fingerprint density at radius 3 is 2.76 bits per heavy atom. The van der Waals surface area contributed by atoms with Crippen molar-refractivity contribution >= 4 is 11.3 Å². The molecule has 0 bridgehead atoms. The SMILES string of the molecule is Cc1cc(-c2nc(C)c(CCN)s2)ccc1F. The van der Waals surface area contributed by atoms with Gasteiger partial charge in [-0.05, 0) is 50.6 Å². The number of hydrogen-bond donors (Lipinski definition) is 1. The molecule has 0 atom stereocenters. The zero-order chi connectivity index (χ0) is 12.4. The summed E-state index contributed by atoms with van der Waals surface area (Å²) in [5.74, 6) is -0.177. The van der Waals surface area contributed by atoms with Crippen LogP contribution in [0.2, 0.25) is 0 Å². The third-order valence-electron chi connectivity index (χ3n) is 2.67. The number of halogens is 1. The van der Waals surface area contributed by atoms with Crippen LogP contribution in [-0.2, 0) is 6.42 Å². The average molecular weight is 250 g/mol. The van der Waals surface area contributed by atoms with E-state index in [1.807, 2.05) is 13.0 Å². The highest BCUT2D eigenvalue weighted by molar-refractivity contribution is 7.15. The quantitative estimate of drug-likeness (QED) is 0.909. The summed E-state index contributed by atoms with van der Waals surface area (Å²) in [6.07, 6.45) is 0.851. The van der Waals surface area contributed by atoms with Gasteiger partial charge in [0.05, 0.1) is 5.69 Å². The topological polar surface area (TPSA) is 38.9 Å². The van der Waals surface area contributed by atoms with Gasteiger partial charge in [-0.25, -0.2) is 9.37 Å². The Labute approximate surface area is 104 Å². The van der Waals surface area contributed by atoms with Crippen molar-refractivity contribution in [1.82, 2.24) is 4.98 Å². The first-order valence-electron chi connectivity index (χ1n) is 5.54. The van der Waals surface area contributed by atoms with Crippen LogP contribution in [0.5, 0.6) is 0 Å². The van der Waals surface area contributed by atoms with E-state index in [9.17, 15) is 4.39 Å². The van der Waals surface area contributed by atoms with Gasteiger partial charge in [0.15, 0.2) is 0 Å². The maximum Gasteiger partial charge on any atom is 0.126 e. The van der Waals surface area contributed by atoms with Gasteiger partial charge in [-0.2, -0.15) is 0 Å². The molecule has 2 nitrogen and oxygen atoms in total. The molecule has 0 radical (unpaired) electrons. The number of aromatic nitrogens is 1. The summed E-state index contributed by atoms with van der Waals surface area (Å²) >= 11 is 1.64. The molecule has 0 spiro atoms. The second-order valence-corrected chi connectivity index (χ2v) is 5.11. The smallest absolute Gasteiger partial charge is 0.126 e. The lowest BCUT2D eigenvalue weighted by Crippen LogP contribution is -2.01. The van der Waals surface area contributed by atoms with Crippen molar-refractivity contribution < 1.29 is 4.39 Å². The van der Waals surface area contributed by atoms with Gasteiger partial charge >= 0.3 is 0 Å². The van der Waals surface area contributed by atoms with Crippen LogP contribution in [0.1, 0.15) is 16.1 Å². The molecule has 2 N–H and O–H groups in total. The number of benzene rings is 1. The molecule has 0 fully saturated rings. The first-order chi connectivity index (χ1) is 8.11. The first-order valence-corrected chi connectivity index (χ1v) is 6.36. The summed E-state index contributed by atoms with van der Waals surface area (Å²) in [5.41, 5.74) is 8.20. The molecule has 4 heteroatoms. The molecule has 0 amide bonds. The lowest BCUT2D eigenvalue weighted by molar-refractivity contribution is 0.619. The molecule has 2 rings (SSSR count). The summed E-state index contributed by atoms with van der Waals surface area (Å²) < 4.78 is 13.2. The molecule has 0 aliphatic heterocycles. The van der Waals surface area contributed by atoms with Crippen molar-refractivity contribution in [2.45, 2.75) is 20.3 Å². The zero-order valence-corrected chi connectivity index (χ0v) is 10.8. The number of nitrogens with zero attached hydrogens (tertiary/aromatic N) is 1. The lowest BCUT2D eigenvalue weighted by atomic mass is 10.1. The molecular weight excluding hydrogens is 235 g/mol. The highest BCUT2D eigenvalue weighted by Gasteiger charge is 2.09. The predicted molar refractivity (Wildman–Crippen MR) is 69.7 cm³/mol. The van der Waals surface area contributed by atoms with Crippen molar-refractivity contribution in [3.63, 3.8) is 0 Å². The normalized spacial score (nSPS) is 10.8. The number of thiazole rings is 1. The molecule has 1 aromatic carbocycles. The van der Waals surface area contributed by atoms with Crippen LogP contribution in [0, 0.1) is 19.7 Å². The number of hydrogen-bond acceptors (Lipinski definition) is 3. The van der Waals surface area contributed by atoms with Crippen molar-refractivity contribution in [1.29, 1.82) is 0 Å². The number of nitrogens with two attached hydrogens (primary N) is 1. The molecular formula is C13H15FN2S. The van der Waals surface area contributed by atoms with Crippen molar-refractivity contribution in [2.75, 3.05) is 6.54 Å². The van der Waals surface area contributed by atoms with Crippen molar-refractivity contribution in [2.24, 2.45) is 5.73 Å². The molecule has 0 saturated carbocycles. The van der Waals surface area contributed by atoms with E-state index in [2.05, 4.69) is 4.98 Å². The van der Waals surface area contributed by atoms with Crippen molar-refractivity contribution in [3.05, 3.63) is 40.2 Å². The molecule has 0 aliphatic rings. The Balaban J connectivity index is 2.39. The Morgan fingerprint density at radius 1 is 1.35 bits per heavy atom. The summed E-state index contributed by atoms with van der Waals surface area (Å²) in [4.78, 5) is 5.72. The fourth-order valence-corrected chi connectivity index (χ4v) is 2.77. The van der Waals surface area contributed by atoms with Gasteiger partial charge in [-0.3, -0.25) is 0 Å². The van der Waals surface area contributed by atoms with Gasteiger partial charge in [-0.15, -0.1) is 11.3 Å². The Hall–Kier alpha value is -1.26. The summed E-state index contributed by atoms with van der Waals surface area (Å²) in [6, 6.07) is 5.09. The van der Waals surface area contributed by atoms with Gasteiger partial charge < -0.3 is 5.73 Å². The second kappa shape index (κ2) is 4.94. The Bertz CT molecular complexity index is 534. The fourth-order valence-electron chi connectivity index (χ4n) is 1.69. The molecule has 17 heavy (non-hydrogen) atoms. The fraction of sp³-hybridized carbons (Fsp3) is 0.308. The van der Waals surface area contributed by atoms with E-state index in [-0.39, 0.29) is 5.82 Å². The van der Waals surface area contributed by atoms with Gasteiger partial charge in [0.2, 0.25) is 0 Å². The van der Waals surface area contributed by atoms with E-state index in [1.165, 1.54) is 10.9 Å². The molecule has 1 aromatic heterocycles. The highest BCUT2D eigenvalue weighted by atomic mass is 32.1. The van der Waals surface area contributed by atoms with Crippen molar-refractivity contribution in [3.8, 4) is 10.6 Å². The second-order valence-electron chi connectivity index (χ2n) is 4.03. The van der Waals surface area contributed by atoms with Crippen LogP contribution in [0.25, 0.3) is 10.6 Å². The van der Waals surface area contributed by atoms with E-state index in [0.717, 1.165) is 22.7 Å². The third kappa shape index (κ3) is 2.53. The van der Waals surface area contributed by atoms with Crippen LogP contribution < -0.4 is 5.73 Å². The first kappa shape index (κ1) is 12.2.